The molecule has 0 saturated carbocycles. The molecular formula is C20H22N2O4. The van der Waals surface area contributed by atoms with E-state index in [1.54, 1.807) is 17.0 Å². The molecule has 1 aliphatic heterocycles. The monoisotopic (exact) mass is 354 g/mol. The first-order valence-electron chi connectivity index (χ1n) is 8.74. The minimum atomic E-state index is -0.265. The zero-order valence-corrected chi connectivity index (χ0v) is 14.5. The number of carbonyl (C=O) groups is 2. The van der Waals surface area contributed by atoms with Crippen LogP contribution in [0.3, 0.4) is 0 Å². The molecule has 1 amide bonds. The Hall–Kier alpha value is -2.89. The SMILES string of the molecule is O=Cc1ccc(OCC2CCN(C(=O)OCc3ccccc3)CC2)nc1. The van der Waals surface area contributed by atoms with Crippen LogP contribution < -0.4 is 4.74 Å². The average molecular weight is 354 g/mol. The minimum Gasteiger partial charge on any atom is -0.477 e. The second-order valence-corrected chi connectivity index (χ2v) is 6.33. The smallest absolute Gasteiger partial charge is 0.410 e. The first kappa shape index (κ1) is 17.9. The van der Waals surface area contributed by atoms with E-state index in [9.17, 15) is 9.59 Å². The molecule has 6 nitrogen and oxygen atoms in total. The van der Waals surface area contributed by atoms with Crippen LogP contribution in [0.1, 0.15) is 28.8 Å². The van der Waals surface area contributed by atoms with Crippen molar-refractivity contribution >= 4 is 12.4 Å². The molecule has 0 unspecified atom stereocenters. The van der Waals surface area contributed by atoms with Crippen LogP contribution in [0.2, 0.25) is 0 Å². The van der Waals surface area contributed by atoms with Crippen molar-refractivity contribution in [3.05, 3.63) is 59.8 Å². The lowest BCUT2D eigenvalue weighted by atomic mass is 9.98. The third kappa shape index (κ3) is 5.05. The summed E-state index contributed by atoms with van der Waals surface area (Å²) in [6.07, 6.45) is 3.72. The Morgan fingerprint density at radius 1 is 1.15 bits per heavy atom. The molecule has 0 aliphatic carbocycles. The summed E-state index contributed by atoms with van der Waals surface area (Å²) in [5, 5.41) is 0. The summed E-state index contributed by atoms with van der Waals surface area (Å²) in [4.78, 5) is 28.6. The molecular weight excluding hydrogens is 332 g/mol. The molecule has 2 heterocycles. The Morgan fingerprint density at radius 2 is 1.92 bits per heavy atom. The second-order valence-electron chi connectivity index (χ2n) is 6.33. The van der Waals surface area contributed by atoms with Gasteiger partial charge in [0.05, 0.1) is 6.61 Å². The van der Waals surface area contributed by atoms with Gasteiger partial charge in [-0.05, 0) is 30.4 Å². The highest BCUT2D eigenvalue weighted by Crippen LogP contribution is 2.19. The van der Waals surface area contributed by atoms with Gasteiger partial charge in [0.1, 0.15) is 6.61 Å². The first-order valence-corrected chi connectivity index (χ1v) is 8.74. The number of nitrogens with zero attached hydrogens (tertiary/aromatic N) is 2. The van der Waals surface area contributed by atoms with Gasteiger partial charge >= 0.3 is 6.09 Å². The van der Waals surface area contributed by atoms with E-state index in [2.05, 4.69) is 4.98 Å². The highest BCUT2D eigenvalue weighted by atomic mass is 16.6. The highest BCUT2D eigenvalue weighted by Gasteiger charge is 2.24. The number of hydrogen-bond acceptors (Lipinski definition) is 5. The van der Waals surface area contributed by atoms with Crippen molar-refractivity contribution in [2.45, 2.75) is 19.4 Å². The lowest BCUT2D eigenvalue weighted by Crippen LogP contribution is -2.40. The molecule has 1 fully saturated rings. The molecule has 1 aliphatic rings. The van der Waals surface area contributed by atoms with Crippen LogP contribution in [0.25, 0.3) is 0 Å². The van der Waals surface area contributed by atoms with E-state index in [4.69, 9.17) is 9.47 Å². The molecule has 0 spiro atoms. The van der Waals surface area contributed by atoms with Crippen LogP contribution >= 0.6 is 0 Å². The summed E-state index contributed by atoms with van der Waals surface area (Å²) in [6.45, 7) is 2.18. The maximum Gasteiger partial charge on any atom is 0.410 e. The van der Waals surface area contributed by atoms with Gasteiger partial charge in [-0.25, -0.2) is 9.78 Å². The van der Waals surface area contributed by atoms with Gasteiger partial charge < -0.3 is 14.4 Å². The fraction of sp³-hybridized carbons (Fsp3) is 0.350. The van der Waals surface area contributed by atoms with Gasteiger partial charge in [0.2, 0.25) is 5.88 Å². The minimum absolute atomic E-state index is 0.265. The predicted octanol–water partition coefficient (Wildman–Crippen LogP) is 3.32. The molecule has 0 N–H and O–H groups in total. The van der Waals surface area contributed by atoms with Gasteiger partial charge in [0.25, 0.3) is 0 Å². The lowest BCUT2D eigenvalue weighted by Gasteiger charge is -2.31. The highest BCUT2D eigenvalue weighted by molar-refractivity contribution is 5.74. The van der Waals surface area contributed by atoms with E-state index < -0.39 is 0 Å². The zero-order valence-electron chi connectivity index (χ0n) is 14.5. The van der Waals surface area contributed by atoms with E-state index in [0.717, 1.165) is 24.7 Å². The lowest BCUT2D eigenvalue weighted by molar-refractivity contribution is 0.0757. The van der Waals surface area contributed by atoms with Gasteiger partial charge in [-0.3, -0.25) is 4.79 Å². The Bertz CT molecular complexity index is 710. The Morgan fingerprint density at radius 3 is 2.58 bits per heavy atom. The van der Waals surface area contributed by atoms with Gasteiger partial charge in [-0.2, -0.15) is 0 Å². The largest absolute Gasteiger partial charge is 0.477 e. The van der Waals surface area contributed by atoms with Gasteiger partial charge in [0.15, 0.2) is 6.29 Å². The third-order valence-electron chi connectivity index (χ3n) is 4.44. The van der Waals surface area contributed by atoms with E-state index in [-0.39, 0.29) is 6.09 Å². The summed E-state index contributed by atoms with van der Waals surface area (Å²) in [6, 6.07) is 13.0. The van der Waals surface area contributed by atoms with Crippen molar-refractivity contribution < 1.29 is 19.1 Å². The average Bonchev–Trinajstić information content (AvgIpc) is 2.72. The van der Waals surface area contributed by atoms with Crippen LogP contribution in [0.5, 0.6) is 5.88 Å². The summed E-state index contributed by atoms with van der Waals surface area (Å²) in [7, 11) is 0. The molecule has 6 heteroatoms. The summed E-state index contributed by atoms with van der Waals surface area (Å²) < 4.78 is 11.1. The van der Waals surface area contributed by atoms with Crippen molar-refractivity contribution in [3.63, 3.8) is 0 Å². The van der Waals surface area contributed by atoms with Crippen LogP contribution in [0.4, 0.5) is 4.79 Å². The molecule has 3 rings (SSSR count). The molecule has 1 aromatic carbocycles. The Labute approximate surface area is 152 Å². The van der Waals surface area contributed by atoms with Crippen LogP contribution in [0, 0.1) is 5.92 Å². The van der Waals surface area contributed by atoms with Crippen LogP contribution in [-0.2, 0) is 11.3 Å². The van der Waals surface area contributed by atoms with Crippen molar-refractivity contribution in [3.8, 4) is 5.88 Å². The molecule has 26 heavy (non-hydrogen) atoms. The molecule has 2 aromatic rings. The van der Waals surface area contributed by atoms with E-state index in [1.807, 2.05) is 30.3 Å². The van der Waals surface area contributed by atoms with Crippen molar-refractivity contribution in [2.75, 3.05) is 19.7 Å². The fourth-order valence-electron chi connectivity index (χ4n) is 2.84. The molecule has 1 aromatic heterocycles. The number of rotatable bonds is 6. The number of pyridine rings is 1. The molecule has 1 saturated heterocycles. The van der Waals surface area contributed by atoms with Gasteiger partial charge in [-0.15, -0.1) is 0 Å². The van der Waals surface area contributed by atoms with Crippen molar-refractivity contribution in [2.24, 2.45) is 5.92 Å². The van der Waals surface area contributed by atoms with E-state index >= 15 is 0 Å². The second kappa shape index (κ2) is 8.99. The van der Waals surface area contributed by atoms with Gasteiger partial charge in [-0.1, -0.05) is 30.3 Å². The van der Waals surface area contributed by atoms with Gasteiger partial charge in [0, 0.05) is 30.9 Å². The van der Waals surface area contributed by atoms with Crippen LogP contribution in [-0.4, -0.2) is 42.0 Å². The first-order chi connectivity index (χ1) is 12.7. The number of hydrogen-bond donors (Lipinski definition) is 0. The number of piperidine rings is 1. The number of aromatic nitrogens is 1. The van der Waals surface area contributed by atoms with Crippen molar-refractivity contribution in [1.29, 1.82) is 0 Å². The number of amides is 1. The summed E-state index contributed by atoms with van der Waals surface area (Å²) in [5.74, 6) is 0.890. The third-order valence-corrected chi connectivity index (χ3v) is 4.44. The summed E-state index contributed by atoms with van der Waals surface area (Å²) in [5.41, 5.74) is 1.51. The Balaban J connectivity index is 1.37. The Kier molecular flexibility index (Phi) is 6.19. The predicted molar refractivity (Wildman–Crippen MR) is 96.0 cm³/mol. The topological polar surface area (TPSA) is 68.7 Å². The quantitative estimate of drug-likeness (QED) is 0.745. The molecule has 0 radical (unpaired) electrons. The number of aldehydes is 1. The number of carbonyl (C=O) groups excluding carboxylic acids is 2. The van der Waals surface area contributed by atoms with E-state index in [0.29, 0.717) is 43.7 Å². The normalized spacial score (nSPS) is 14.7. The van der Waals surface area contributed by atoms with Crippen LogP contribution in [0.15, 0.2) is 48.7 Å². The molecule has 0 atom stereocenters. The maximum atomic E-state index is 12.2. The van der Waals surface area contributed by atoms with Crippen molar-refractivity contribution in [1.82, 2.24) is 9.88 Å². The molecule has 136 valence electrons. The standard InChI is InChI=1S/C20H22N2O4/c23-13-18-6-7-19(21-12-18)25-14-17-8-10-22(11-9-17)20(24)26-15-16-4-2-1-3-5-16/h1-7,12-13,17H,8-11,14-15H2. The number of ether oxygens (including phenoxy) is 2. The summed E-state index contributed by atoms with van der Waals surface area (Å²) >= 11 is 0. The van der Waals surface area contributed by atoms with E-state index in [1.165, 1.54) is 6.20 Å². The zero-order chi connectivity index (χ0) is 18.2. The maximum absolute atomic E-state index is 12.2. The number of benzene rings is 1. The fourth-order valence-corrected chi connectivity index (χ4v) is 2.84. The molecule has 0 bridgehead atoms. The number of likely N-dealkylation sites (tertiary alicyclic amines) is 1.